The van der Waals surface area contributed by atoms with E-state index in [0.29, 0.717) is 24.9 Å². The van der Waals surface area contributed by atoms with Gasteiger partial charge in [0.2, 0.25) is 5.91 Å². The van der Waals surface area contributed by atoms with Gasteiger partial charge in [0, 0.05) is 23.7 Å². The maximum Gasteiger partial charge on any atom is 0.284 e. The van der Waals surface area contributed by atoms with Crippen molar-refractivity contribution >= 4 is 17.5 Å². The fourth-order valence-corrected chi connectivity index (χ4v) is 4.33. The summed E-state index contributed by atoms with van der Waals surface area (Å²) in [5.41, 5.74) is 1.61. The summed E-state index contributed by atoms with van der Waals surface area (Å²) in [4.78, 5) is 37.4. The largest absolute Gasteiger partial charge is 0.508 e. The summed E-state index contributed by atoms with van der Waals surface area (Å²) in [6.45, 7) is 2.71. The highest BCUT2D eigenvalue weighted by molar-refractivity contribution is 5.98. The first kappa shape index (κ1) is 30.9. The molecule has 0 heterocycles. The molecule has 3 rings (SSSR count). The maximum atomic E-state index is 13.3. The lowest BCUT2D eigenvalue weighted by molar-refractivity contribution is -0.385. The van der Waals surface area contributed by atoms with E-state index in [1.54, 1.807) is 12.1 Å². The van der Waals surface area contributed by atoms with Crippen molar-refractivity contribution in [2.45, 2.75) is 64.3 Å². The Hall–Kier alpha value is -4.64. The van der Waals surface area contributed by atoms with E-state index in [2.05, 4.69) is 29.4 Å². The predicted octanol–water partition coefficient (Wildman–Crippen LogP) is 5.91. The Morgan fingerprint density at radius 3 is 2.34 bits per heavy atom. The van der Waals surface area contributed by atoms with Crippen molar-refractivity contribution in [2.75, 3.05) is 6.54 Å². The Kier molecular flexibility index (Phi) is 12.4. The Morgan fingerprint density at radius 1 is 0.927 bits per heavy atom. The molecular weight excluding hydrogens is 518 g/mol. The molecule has 3 N–H and O–H groups in total. The van der Waals surface area contributed by atoms with Crippen LogP contribution in [0.3, 0.4) is 0 Å². The van der Waals surface area contributed by atoms with Gasteiger partial charge >= 0.3 is 0 Å². The molecule has 0 aliphatic rings. The maximum absolute atomic E-state index is 13.3. The zero-order valence-electron chi connectivity index (χ0n) is 23.4. The molecule has 2 amide bonds. The van der Waals surface area contributed by atoms with Crippen LogP contribution in [0.2, 0.25) is 0 Å². The van der Waals surface area contributed by atoms with E-state index in [4.69, 9.17) is 0 Å². The second kappa shape index (κ2) is 16.5. The molecule has 214 valence electrons. The molecule has 0 bridgehead atoms. The van der Waals surface area contributed by atoms with Gasteiger partial charge in [-0.2, -0.15) is 0 Å². The molecule has 1 atom stereocenters. The van der Waals surface area contributed by atoms with Gasteiger partial charge in [0.15, 0.2) is 0 Å². The van der Waals surface area contributed by atoms with E-state index in [1.165, 1.54) is 49.6 Å². The summed E-state index contributed by atoms with van der Waals surface area (Å²) in [6, 6.07) is 19.0. The number of nitrogens with zero attached hydrogens (tertiary/aromatic N) is 1. The number of benzene rings is 3. The molecule has 0 aromatic heterocycles. The quantitative estimate of drug-likeness (QED) is 0.0988. The Morgan fingerprint density at radius 2 is 1.63 bits per heavy atom. The van der Waals surface area contributed by atoms with Gasteiger partial charge in [-0.1, -0.05) is 81.2 Å². The average molecular weight is 556 g/mol. The number of nitrogens with one attached hydrogen (secondary N) is 2. The molecule has 0 saturated carbocycles. The number of phenols is 1. The number of nitro groups is 1. The number of hydrogen-bond acceptors (Lipinski definition) is 5. The molecule has 41 heavy (non-hydrogen) atoms. The number of carbonyl (C=O) groups is 2. The zero-order chi connectivity index (χ0) is 29.5. The number of nitro benzene ring substituents is 1. The van der Waals surface area contributed by atoms with Gasteiger partial charge in [-0.05, 0) is 61.2 Å². The second-order valence-corrected chi connectivity index (χ2v) is 9.90. The van der Waals surface area contributed by atoms with E-state index >= 15 is 0 Å². The highest BCUT2D eigenvalue weighted by atomic mass is 16.6. The number of hydrogen-bond donors (Lipinski definition) is 3. The minimum absolute atomic E-state index is 0.0732. The number of phenolic OH excluding ortho intramolecular Hbond substituents is 1. The SMILES string of the molecule is CCCCCCCCNC(=O)[C@H](CCc1ccccc1)NC(=O)c1ccc([N+](=O)[O-])c(C#Cc2ccc(O)cc2)c1. The van der Waals surface area contributed by atoms with Crippen LogP contribution in [0.4, 0.5) is 5.69 Å². The molecule has 0 aliphatic carbocycles. The molecule has 3 aromatic rings. The topological polar surface area (TPSA) is 122 Å². The van der Waals surface area contributed by atoms with Crippen molar-refractivity contribution in [3.8, 4) is 17.6 Å². The van der Waals surface area contributed by atoms with Crippen molar-refractivity contribution in [1.29, 1.82) is 0 Å². The minimum atomic E-state index is -0.774. The Labute approximate surface area is 241 Å². The van der Waals surface area contributed by atoms with E-state index in [1.807, 2.05) is 30.3 Å². The van der Waals surface area contributed by atoms with Crippen LogP contribution in [0.15, 0.2) is 72.8 Å². The van der Waals surface area contributed by atoms with Gasteiger partial charge in [0.1, 0.15) is 17.4 Å². The summed E-state index contributed by atoms with van der Waals surface area (Å²) in [6.07, 6.45) is 7.64. The first-order valence-electron chi connectivity index (χ1n) is 14.1. The fraction of sp³-hybridized carbons (Fsp3) is 0.333. The van der Waals surface area contributed by atoms with Gasteiger partial charge in [-0.3, -0.25) is 19.7 Å². The van der Waals surface area contributed by atoms with Crippen LogP contribution < -0.4 is 10.6 Å². The number of rotatable bonds is 14. The summed E-state index contributed by atoms with van der Waals surface area (Å²) in [5.74, 6) is 4.91. The molecule has 8 heteroatoms. The number of carbonyl (C=O) groups excluding carboxylic acids is 2. The van der Waals surface area contributed by atoms with E-state index in [-0.39, 0.29) is 28.5 Å². The number of aromatic hydroxyl groups is 1. The van der Waals surface area contributed by atoms with Gasteiger partial charge < -0.3 is 15.7 Å². The fourth-order valence-electron chi connectivity index (χ4n) is 4.33. The predicted molar refractivity (Wildman–Crippen MR) is 160 cm³/mol. The molecule has 0 aliphatic heterocycles. The third-order valence-electron chi connectivity index (χ3n) is 6.68. The molecule has 0 spiro atoms. The van der Waals surface area contributed by atoms with Crippen LogP contribution in [0.25, 0.3) is 0 Å². The standard InChI is InChI=1S/C33H37N3O5/c1-2-3-4-5-6-10-23-34-33(39)30(21-16-25-11-8-7-9-12-25)35-32(38)28-18-22-31(36(40)41)27(24-28)17-13-26-14-19-29(37)20-15-26/h7-9,11-12,14-15,18-20,22,24,30,37H,2-6,10,16,21,23H2,1H3,(H,34,39)(H,35,38)/t30-/m0/s1. The highest BCUT2D eigenvalue weighted by Crippen LogP contribution is 2.20. The van der Waals surface area contributed by atoms with Crippen LogP contribution in [0.1, 0.15) is 78.9 Å². The summed E-state index contributed by atoms with van der Waals surface area (Å²) in [7, 11) is 0. The van der Waals surface area contributed by atoms with Crippen molar-refractivity contribution in [1.82, 2.24) is 10.6 Å². The molecule has 3 aromatic carbocycles. The highest BCUT2D eigenvalue weighted by Gasteiger charge is 2.23. The van der Waals surface area contributed by atoms with Crippen molar-refractivity contribution in [3.05, 3.63) is 105 Å². The molecular formula is C33H37N3O5. The first-order valence-corrected chi connectivity index (χ1v) is 14.1. The average Bonchev–Trinajstić information content (AvgIpc) is 2.98. The third-order valence-corrected chi connectivity index (χ3v) is 6.68. The second-order valence-electron chi connectivity index (χ2n) is 9.90. The lowest BCUT2D eigenvalue weighted by Crippen LogP contribution is -2.47. The smallest absolute Gasteiger partial charge is 0.284 e. The number of amides is 2. The third kappa shape index (κ3) is 10.5. The van der Waals surface area contributed by atoms with E-state index in [9.17, 15) is 24.8 Å². The van der Waals surface area contributed by atoms with Gasteiger partial charge in [-0.25, -0.2) is 0 Å². The minimum Gasteiger partial charge on any atom is -0.508 e. The van der Waals surface area contributed by atoms with Crippen LogP contribution in [-0.2, 0) is 11.2 Å². The summed E-state index contributed by atoms with van der Waals surface area (Å²) < 4.78 is 0. The number of unbranched alkanes of at least 4 members (excludes halogenated alkanes) is 5. The molecule has 0 unspecified atom stereocenters. The molecule has 0 radical (unpaired) electrons. The normalized spacial score (nSPS) is 11.1. The van der Waals surface area contributed by atoms with E-state index in [0.717, 1.165) is 24.8 Å². The molecule has 0 saturated heterocycles. The monoisotopic (exact) mass is 555 g/mol. The van der Waals surface area contributed by atoms with Gasteiger partial charge in [-0.15, -0.1) is 0 Å². The Balaban J connectivity index is 1.73. The zero-order valence-corrected chi connectivity index (χ0v) is 23.4. The summed E-state index contributed by atoms with van der Waals surface area (Å²) in [5, 5.41) is 26.8. The van der Waals surface area contributed by atoms with Gasteiger partial charge in [0.25, 0.3) is 11.6 Å². The van der Waals surface area contributed by atoms with Crippen LogP contribution in [0, 0.1) is 22.0 Å². The molecule has 0 fully saturated rings. The Bertz CT molecular complexity index is 1360. The molecule has 8 nitrogen and oxygen atoms in total. The first-order chi connectivity index (χ1) is 19.9. The number of aryl methyl sites for hydroxylation is 1. The lowest BCUT2D eigenvalue weighted by Gasteiger charge is -2.19. The summed E-state index contributed by atoms with van der Waals surface area (Å²) >= 11 is 0. The van der Waals surface area contributed by atoms with Crippen LogP contribution in [-0.4, -0.2) is 34.4 Å². The van der Waals surface area contributed by atoms with Crippen molar-refractivity contribution in [2.24, 2.45) is 0 Å². The lowest BCUT2D eigenvalue weighted by atomic mass is 10.0. The van der Waals surface area contributed by atoms with Crippen molar-refractivity contribution in [3.63, 3.8) is 0 Å². The van der Waals surface area contributed by atoms with E-state index < -0.39 is 16.9 Å². The van der Waals surface area contributed by atoms with Crippen molar-refractivity contribution < 1.29 is 19.6 Å². The van der Waals surface area contributed by atoms with Crippen LogP contribution in [0.5, 0.6) is 5.75 Å². The van der Waals surface area contributed by atoms with Crippen LogP contribution >= 0.6 is 0 Å². The van der Waals surface area contributed by atoms with Gasteiger partial charge in [0.05, 0.1) is 4.92 Å².